The lowest BCUT2D eigenvalue weighted by Gasteiger charge is -2.17. The van der Waals surface area contributed by atoms with Crippen molar-refractivity contribution in [1.29, 1.82) is 0 Å². The molecule has 0 aliphatic carbocycles. The molecule has 0 aliphatic rings. The van der Waals surface area contributed by atoms with Crippen molar-refractivity contribution in [2.45, 2.75) is 26.3 Å². The van der Waals surface area contributed by atoms with Gasteiger partial charge in [-0.2, -0.15) is 0 Å². The number of hydrogen-bond donors (Lipinski definition) is 2. The van der Waals surface area contributed by atoms with Gasteiger partial charge < -0.3 is 11.1 Å². The summed E-state index contributed by atoms with van der Waals surface area (Å²) in [6.45, 7) is 5.25. The van der Waals surface area contributed by atoms with Crippen molar-refractivity contribution in [2.24, 2.45) is 5.73 Å². The van der Waals surface area contributed by atoms with Gasteiger partial charge in [0, 0.05) is 23.1 Å². The van der Waals surface area contributed by atoms with E-state index in [0.29, 0.717) is 11.5 Å². The van der Waals surface area contributed by atoms with E-state index in [2.05, 4.69) is 15.3 Å². The van der Waals surface area contributed by atoms with Crippen LogP contribution < -0.4 is 11.1 Å². The summed E-state index contributed by atoms with van der Waals surface area (Å²) in [4.78, 5) is 20.3. The summed E-state index contributed by atoms with van der Waals surface area (Å²) < 4.78 is 0. The molecule has 1 heterocycles. The molecule has 2 rings (SSSR count). The van der Waals surface area contributed by atoms with Gasteiger partial charge >= 0.3 is 0 Å². The van der Waals surface area contributed by atoms with Crippen molar-refractivity contribution in [1.82, 2.24) is 9.97 Å². The zero-order valence-corrected chi connectivity index (χ0v) is 11.8. The fourth-order valence-corrected chi connectivity index (χ4v) is 1.58. The normalized spacial score (nSPS) is 11.2. The second-order valence-corrected chi connectivity index (χ2v) is 5.27. The van der Waals surface area contributed by atoms with Crippen LogP contribution in [0.25, 0.3) is 11.4 Å². The van der Waals surface area contributed by atoms with E-state index in [4.69, 9.17) is 5.73 Å². The number of nitrogens with zero attached hydrogens (tertiary/aromatic N) is 2. The molecule has 0 saturated carbocycles. The lowest BCUT2D eigenvalue weighted by atomic mass is 10.1. The Hall–Kier alpha value is -2.27. The number of carbonyl (C=O) groups is 1. The van der Waals surface area contributed by atoms with Crippen LogP contribution in [0.15, 0.2) is 36.5 Å². The van der Waals surface area contributed by atoms with E-state index < -0.39 is 5.54 Å². The van der Waals surface area contributed by atoms with Gasteiger partial charge in [0.05, 0.1) is 5.54 Å². The van der Waals surface area contributed by atoms with E-state index in [1.54, 1.807) is 20.0 Å². The fourth-order valence-electron chi connectivity index (χ4n) is 1.58. The maximum atomic E-state index is 11.8. The van der Waals surface area contributed by atoms with Crippen LogP contribution in [0.4, 0.5) is 5.69 Å². The first kappa shape index (κ1) is 14.1. The summed E-state index contributed by atoms with van der Waals surface area (Å²) in [5, 5.41) is 2.77. The second-order valence-electron chi connectivity index (χ2n) is 5.27. The number of carbonyl (C=O) groups excluding carboxylic acids is 1. The number of nitrogens with two attached hydrogens (primary N) is 1. The molecule has 1 aromatic carbocycles. The van der Waals surface area contributed by atoms with E-state index in [0.717, 1.165) is 11.3 Å². The first-order valence-corrected chi connectivity index (χ1v) is 6.37. The molecule has 0 spiro atoms. The van der Waals surface area contributed by atoms with Crippen LogP contribution in [-0.2, 0) is 4.79 Å². The molecule has 5 nitrogen and oxygen atoms in total. The Morgan fingerprint density at radius 1 is 1.20 bits per heavy atom. The number of hydrogen-bond acceptors (Lipinski definition) is 4. The van der Waals surface area contributed by atoms with Gasteiger partial charge in [-0.1, -0.05) is 0 Å². The van der Waals surface area contributed by atoms with Crippen LogP contribution in [0.5, 0.6) is 0 Å². The highest BCUT2D eigenvalue weighted by Crippen LogP contribution is 2.18. The predicted octanol–water partition coefficient (Wildman–Crippen LogP) is 2.13. The van der Waals surface area contributed by atoms with Gasteiger partial charge in [-0.05, 0) is 51.1 Å². The fraction of sp³-hybridized carbons (Fsp3) is 0.267. The third kappa shape index (κ3) is 3.39. The van der Waals surface area contributed by atoms with Crippen molar-refractivity contribution in [3.8, 4) is 11.4 Å². The summed E-state index contributed by atoms with van der Waals surface area (Å²) in [6.07, 6.45) is 1.73. The Kier molecular flexibility index (Phi) is 3.81. The van der Waals surface area contributed by atoms with E-state index in [1.165, 1.54) is 0 Å². The van der Waals surface area contributed by atoms with Crippen LogP contribution >= 0.6 is 0 Å². The van der Waals surface area contributed by atoms with E-state index in [1.807, 2.05) is 37.3 Å². The molecule has 0 fully saturated rings. The minimum Gasteiger partial charge on any atom is -0.325 e. The highest BCUT2D eigenvalue weighted by Gasteiger charge is 2.21. The predicted molar refractivity (Wildman–Crippen MR) is 79.1 cm³/mol. The van der Waals surface area contributed by atoms with Gasteiger partial charge in [0.25, 0.3) is 0 Å². The number of amides is 1. The molecule has 104 valence electrons. The third-order valence-electron chi connectivity index (χ3n) is 2.78. The van der Waals surface area contributed by atoms with Crippen molar-refractivity contribution in [2.75, 3.05) is 5.32 Å². The van der Waals surface area contributed by atoms with Gasteiger partial charge in [0.2, 0.25) is 5.91 Å². The van der Waals surface area contributed by atoms with Gasteiger partial charge in [-0.3, -0.25) is 4.79 Å². The Balaban J connectivity index is 2.17. The van der Waals surface area contributed by atoms with E-state index >= 15 is 0 Å². The molecule has 1 amide bonds. The zero-order valence-electron chi connectivity index (χ0n) is 11.8. The SMILES string of the molecule is Cc1ccnc(-c2ccc(NC(=O)C(C)(C)N)cc2)n1. The second kappa shape index (κ2) is 5.38. The Morgan fingerprint density at radius 3 is 2.40 bits per heavy atom. The quantitative estimate of drug-likeness (QED) is 0.895. The van der Waals surface area contributed by atoms with Gasteiger partial charge in [0.1, 0.15) is 0 Å². The molecule has 0 aliphatic heterocycles. The minimum absolute atomic E-state index is 0.225. The summed E-state index contributed by atoms with van der Waals surface area (Å²) in [5.41, 5.74) is 7.34. The number of aryl methyl sites for hydroxylation is 1. The molecule has 2 aromatic rings. The largest absolute Gasteiger partial charge is 0.325 e. The van der Waals surface area contributed by atoms with E-state index in [9.17, 15) is 4.79 Å². The molecule has 3 N–H and O–H groups in total. The van der Waals surface area contributed by atoms with Crippen molar-refractivity contribution < 1.29 is 4.79 Å². The molecular weight excluding hydrogens is 252 g/mol. The molecule has 20 heavy (non-hydrogen) atoms. The molecule has 0 bridgehead atoms. The van der Waals surface area contributed by atoms with Crippen molar-refractivity contribution >= 4 is 11.6 Å². The summed E-state index contributed by atoms with van der Waals surface area (Å²) in [7, 11) is 0. The van der Waals surface area contributed by atoms with Gasteiger partial charge in [0.15, 0.2) is 5.82 Å². The average molecular weight is 270 g/mol. The number of benzene rings is 1. The molecule has 0 radical (unpaired) electrons. The smallest absolute Gasteiger partial charge is 0.243 e. The summed E-state index contributed by atoms with van der Waals surface area (Å²) >= 11 is 0. The zero-order chi connectivity index (χ0) is 14.8. The molecule has 1 aromatic heterocycles. The molecular formula is C15H18N4O. The lowest BCUT2D eigenvalue weighted by molar-refractivity contribution is -0.120. The van der Waals surface area contributed by atoms with Crippen molar-refractivity contribution in [3.63, 3.8) is 0 Å². The van der Waals surface area contributed by atoms with E-state index in [-0.39, 0.29) is 5.91 Å². The van der Waals surface area contributed by atoms with Crippen LogP contribution in [0.2, 0.25) is 0 Å². The van der Waals surface area contributed by atoms with Crippen LogP contribution in [0, 0.1) is 6.92 Å². The summed E-state index contributed by atoms with van der Waals surface area (Å²) in [5.74, 6) is 0.444. The Morgan fingerprint density at radius 2 is 1.85 bits per heavy atom. The first-order valence-electron chi connectivity index (χ1n) is 6.37. The number of anilines is 1. The first-order chi connectivity index (χ1) is 9.36. The highest BCUT2D eigenvalue weighted by molar-refractivity contribution is 5.97. The number of rotatable bonds is 3. The molecule has 0 atom stereocenters. The monoisotopic (exact) mass is 270 g/mol. The maximum absolute atomic E-state index is 11.8. The van der Waals surface area contributed by atoms with Crippen molar-refractivity contribution in [3.05, 3.63) is 42.2 Å². The average Bonchev–Trinajstić information content (AvgIpc) is 2.38. The van der Waals surface area contributed by atoms with Crippen LogP contribution in [0.3, 0.4) is 0 Å². The molecule has 5 heteroatoms. The molecule has 0 unspecified atom stereocenters. The van der Waals surface area contributed by atoms with Gasteiger partial charge in [-0.15, -0.1) is 0 Å². The maximum Gasteiger partial charge on any atom is 0.243 e. The minimum atomic E-state index is -0.904. The lowest BCUT2D eigenvalue weighted by Crippen LogP contribution is -2.45. The Bertz CT molecular complexity index is 615. The van der Waals surface area contributed by atoms with Crippen LogP contribution in [0.1, 0.15) is 19.5 Å². The standard InChI is InChI=1S/C15H18N4O/c1-10-8-9-17-13(18-10)11-4-6-12(7-5-11)19-14(20)15(2,3)16/h4-9H,16H2,1-3H3,(H,19,20). The number of aromatic nitrogens is 2. The molecule has 0 saturated heterocycles. The van der Waals surface area contributed by atoms with Crippen LogP contribution in [-0.4, -0.2) is 21.4 Å². The highest BCUT2D eigenvalue weighted by atomic mass is 16.2. The topological polar surface area (TPSA) is 80.9 Å². The van der Waals surface area contributed by atoms with Gasteiger partial charge in [-0.25, -0.2) is 9.97 Å². The Labute approximate surface area is 118 Å². The third-order valence-corrected chi connectivity index (χ3v) is 2.78. The summed E-state index contributed by atoms with van der Waals surface area (Å²) in [6, 6.07) is 9.21. The number of nitrogens with one attached hydrogen (secondary N) is 1.